The highest BCUT2D eigenvalue weighted by Gasteiger charge is 2.14. The van der Waals surface area contributed by atoms with Gasteiger partial charge in [-0.15, -0.1) is 12.4 Å². The van der Waals surface area contributed by atoms with Crippen LogP contribution < -0.4 is 11.1 Å². The van der Waals surface area contributed by atoms with Crippen LogP contribution >= 0.6 is 12.4 Å². The van der Waals surface area contributed by atoms with Crippen LogP contribution in [0.15, 0.2) is 6.20 Å². The highest BCUT2D eigenvalue weighted by molar-refractivity contribution is 5.85. The van der Waals surface area contributed by atoms with Gasteiger partial charge >= 0.3 is 0 Å². The molecule has 1 aromatic heterocycles. The fraction of sp³-hybridized carbons (Fsp3) is 0.714. The number of rotatable bonds is 8. The third kappa shape index (κ3) is 5.92. The lowest BCUT2D eigenvalue weighted by Gasteiger charge is -2.13. The largest absolute Gasteiger partial charge is 0.349 e. The number of hydrogen-bond acceptors (Lipinski definition) is 3. The molecular weight excluding hydrogens is 276 g/mol. The van der Waals surface area contributed by atoms with Crippen molar-refractivity contribution in [1.82, 2.24) is 15.1 Å². The average Bonchev–Trinajstić information content (AvgIpc) is 2.70. The van der Waals surface area contributed by atoms with Gasteiger partial charge in [-0.05, 0) is 33.2 Å². The predicted molar refractivity (Wildman–Crippen MR) is 83.9 cm³/mol. The number of hydrogen-bond donors (Lipinski definition) is 2. The molecule has 6 heteroatoms. The summed E-state index contributed by atoms with van der Waals surface area (Å²) in [5.41, 5.74) is 7.61. The molecule has 1 amide bonds. The summed E-state index contributed by atoms with van der Waals surface area (Å²) in [5.74, 6) is 0.114. The van der Waals surface area contributed by atoms with Crippen LogP contribution in [0.5, 0.6) is 0 Å². The Morgan fingerprint density at radius 3 is 2.60 bits per heavy atom. The molecule has 0 bridgehead atoms. The highest BCUT2D eigenvalue weighted by Crippen LogP contribution is 2.16. The van der Waals surface area contributed by atoms with E-state index in [0.717, 1.165) is 43.5 Å². The molecule has 0 aromatic carbocycles. The number of nitrogens with two attached hydrogens (primary N) is 1. The minimum Gasteiger partial charge on any atom is -0.349 e. The van der Waals surface area contributed by atoms with Crippen LogP contribution in [0.2, 0.25) is 0 Å². The molecule has 0 spiro atoms. The molecule has 0 fully saturated rings. The molecule has 1 heterocycles. The first-order valence-electron chi connectivity index (χ1n) is 7.04. The van der Waals surface area contributed by atoms with Crippen LogP contribution in [-0.2, 0) is 11.8 Å². The Morgan fingerprint density at radius 1 is 1.40 bits per heavy atom. The van der Waals surface area contributed by atoms with Crippen LogP contribution in [0.4, 0.5) is 0 Å². The van der Waals surface area contributed by atoms with E-state index in [9.17, 15) is 4.79 Å². The summed E-state index contributed by atoms with van der Waals surface area (Å²) in [7, 11) is 1.91. The van der Waals surface area contributed by atoms with Gasteiger partial charge in [0, 0.05) is 24.7 Å². The zero-order valence-electron chi connectivity index (χ0n) is 12.7. The quantitative estimate of drug-likeness (QED) is 0.723. The zero-order chi connectivity index (χ0) is 14.3. The minimum absolute atomic E-state index is 0. The van der Waals surface area contributed by atoms with Gasteiger partial charge in [0.1, 0.15) is 0 Å². The van der Waals surface area contributed by atoms with E-state index in [0.29, 0.717) is 6.42 Å². The first-order chi connectivity index (χ1) is 9.06. The molecule has 0 aliphatic rings. The first-order valence-corrected chi connectivity index (χ1v) is 7.04. The van der Waals surface area contributed by atoms with Crippen molar-refractivity contribution in [2.45, 2.75) is 52.0 Å². The second-order valence-electron chi connectivity index (χ2n) is 5.05. The molecule has 0 radical (unpaired) electrons. The second-order valence-corrected chi connectivity index (χ2v) is 5.05. The molecule has 116 valence electrons. The SMILES string of the molecule is Cc1c(C(C)NC(=O)CCCCCCN)cnn1C.Cl. The number of carbonyl (C=O) groups excluding carboxylic acids is 1. The number of aryl methyl sites for hydroxylation is 1. The second kappa shape index (κ2) is 9.77. The van der Waals surface area contributed by atoms with E-state index in [1.54, 1.807) is 0 Å². The topological polar surface area (TPSA) is 72.9 Å². The summed E-state index contributed by atoms with van der Waals surface area (Å²) in [4.78, 5) is 11.8. The molecule has 0 saturated heterocycles. The maximum Gasteiger partial charge on any atom is 0.220 e. The molecule has 1 unspecified atom stereocenters. The van der Waals surface area contributed by atoms with Crippen molar-refractivity contribution in [1.29, 1.82) is 0 Å². The summed E-state index contributed by atoms with van der Waals surface area (Å²) in [6, 6.07) is 0.0187. The summed E-state index contributed by atoms with van der Waals surface area (Å²) < 4.78 is 1.82. The van der Waals surface area contributed by atoms with E-state index in [-0.39, 0.29) is 24.4 Å². The smallest absolute Gasteiger partial charge is 0.220 e. The minimum atomic E-state index is 0. The van der Waals surface area contributed by atoms with Crippen molar-refractivity contribution < 1.29 is 4.79 Å². The van der Waals surface area contributed by atoms with Crippen molar-refractivity contribution in [3.8, 4) is 0 Å². The molecule has 0 aliphatic carbocycles. The predicted octanol–water partition coefficient (Wildman–Crippen LogP) is 2.24. The number of carbonyl (C=O) groups is 1. The fourth-order valence-electron chi connectivity index (χ4n) is 2.12. The molecule has 0 aliphatic heterocycles. The average molecular weight is 303 g/mol. The number of aromatic nitrogens is 2. The number of nitrogens with zero attached hydrogens (tertiary/aromatic N) is 2. The van der Waals surface area contributed by atoms with Crippen molar-refractivity contribution in [2.24, 2.45) is 12.8 Å². The maximum atomic E-state index is 11.8. The Bertz CT molecular complexity index is 406. The van der Waals surface area contributed by atoms with Crippen molar-refractivity contribution in [3.05, 3.63) is 17.5 Å². The number of amides is 1. The van der Waals surface area contributed by atoms with Gasteiger partial charge in [-0.2, -0.15) is 5.10 Å². The van der Waals surface area contributed by atoms with Crippen LogP contribution in [-0.4, -0.2) is 22.2 Å². The Kier molecular flexibility index (Phi) is 9.25. The molecule has 20 heavy (non-hydrogen) atoms. The van der Waals surface area contributed by atoms with E-state index < -0.39 is 0 Å². The molecule has 1 rings (SSSR count). The van der Waals surface area contributed by atoms with Gasteiger partial charge in [-0.3, -0.25) is 9.48 Å². The number of halogens is 1. The molecular formula is C14H27ClN4O. The van der Waals surface area contributed by atoms with E-state index in [4.69, 9.17) is 5.73 Å². The van der Waals surface area contributed by atoms with Gasteiger partial charge in [0.15, 0.2) is 0 Å². The Hall–Kier alpha value is -1.07. The van der Waals surface area contributed by atoms with Gasteiger partial charge < -0.3 is 11.1 Å². The molecule has 1 aromatic rings. The van der Waals surface area contributed by atoms with Crippen LogP contribution in [0.3, 0.4) is 0 Å². The van der Waals surface area contributed by atoms with Crippen molar-refractivity contribution in [3.63, 3.8) is 0 Å². The molecule has 0 saturated carbocycles. The third-order valence-electron chi connectivity index (χ3n) is 3.48. The lowest BCUT2D eigenvalue weighted by Crippen LogP contribution is -2.26. The van der Waals surface area contributed by atoms with E-state index >= 15 is 0 Å². The highest BCUT2D eigenvalue weighted by atomic mass is 35.5. The fourth-order valence-corrected chi connectivity index (χ4v) is 2.12. The summed E-state index contributed by atoms with van der Waals surface area (Å²) in [5, 5.41) is 7.22. The van der Waals surface area contributed by atoms with Gasteiger partial charge in [0.25, 0.3) is 0 Å². The zero-order valence-corrected chi connectivity index (χ0v) is 13.5. The number of nitrogens with one attached hydrogen (secondary N) is 1. The number of unbranched alkanes of at least 4 members (excludes halogenated alkanes) is 3. The first kappa shape index (κ1) is 18.9. The van der Waals surface area contributed by atoms with E-state index in [2.05, 4.69) is 10.4 Å². The Morgan fingerprint density at radius 2 is 2.05 bits per heavy atom. The molecule has 3 N–H and O–H groups in total. The lowest BCUT2D eigenvalue weighted by atomic mass is 10.1. The molecule has 5 nitrogen and oxygen atoms in total. The summed E-state index contributed by atoms with van der Waals surface area (Å²) >= 11 is 0. The standard InChI is InChI=1S/C14H26N4O.ClH/c1-11(13-10-16-18(3)12(13)2)17-14(19)8-6-4-5-7-9-15;/h10-11H,4-9,15H2,1-3H3,(H,17,19);1H. The van der Waals surface area contributed by atoms with Gasteiger partial charge in [-0.25, -0.2) is 0 Å². The van der Waals surface area contributed by atoms with Crippen LogP contribution in [0, 0.1) is 6.92 Å². The van der Waals surface area contributed by atoms with Crippen molar-refractivity contribution >= 4 is 18.3 Å². The van der Waals surface area contributed by atoms with Gasteiger partial charge in [0.05, 0.1) is 12.2 Å². The maximum absolute atomic E-state index is 11.8. The molecule has 1 atom stereocenters. The van der Waals surface area contributed by atoms with E-state index in [1.165, 1.54) is 0 Å². The van der Waals surface area contributed by atoms with Crippen LogP contribution in [0.1, 0.15) is 56.3 Å². The summed E-state index contributed by atoms with van der Waals surface area (Å²) in [6.45, 7) is 4.75. The Balaban J connectivity index is 0.00000361. The van der Waals surface area contributed by atoms with Gasteiger partial charge in [0.2, 0.25) is 5.91 Å². The normalized spacial score (nSPS) is 11.8. The van der Waals surface area contributed by atoms with Gasteiger partial charge in [-0.1, -0.05) is 12.8 Å². The third-order valence-corrected chi connectivity index (χ3v) is 3.48. The lowest BCUT2D eigenvalue weighted by molar-refractivity contribution is -0.121. The van der Waals surface area contributed by atoms with E-state index in [1.807, 2.05) is 31.8 Å². The summed E-state index contributed by atoms with van der Waals surface area (Å²) in [6.07, 6.45) is 6.58. The van der Waals surface area contributed by atoms with Crippen LogP contribution in [0.25, 0.3) is 0 Å². The van der Waals surface area contributed by atoms with Crippen molar-refractivity contribution in [2.75, 3.05) is 6.54 Å². The Labute approximate surface area is 127 Å². The monoisotopic (exact) mass is 302 g/mol.